The summed E-state index contributed by atoms with van der Waals surface area (Å²) in [5, 5.41) is 31.0. The van der Waals surface area contributed by atoms with Gasteiger partial charge in [0.05, 0.1) is 11.1 Å². The standard InChI is InChI=1S/C22H18N2O7S2/c25-18-13-6-2-1-5-12(13)9-23(18)16(21(28)29)10-32-33-11-17(22(30)31)24-19(26)14-7-3-4-8-15(14)20(24)27/h1-9,16-17,25H,10-11H2,(H,28,29)(H,30,31). The molecule has 1 aromatic heterocycles. The molecule has 11 heteroatoms. The number of benzene rings is 2. The maximum Gasteiger partial charge on any atom is 0.327 e. The lowest BCUT2D eigenvalue weighted by Crippen LogP contribution is -2.46. The molecule has 3 aromatic rings. The van der Waals surface area contributed by atoms with E-state index in [4.69, 9.17) is 0 Å². The molecule has 0 aliphatic carbocycles. The highest BCUT2D eigenvalue weighted by atomic mass is 33.1. The number of aliphatic carboxylic acids is 2. The van der Waals surface area contributed by atoms with Crippen LogP contribution >= 0.6 is 21.6 Å². The number of rotatable bonds is 9. The Morgan fingerprint density at radius 1 is 0.818 bits per heavy atom. The lowest BCUT2D eigenvalue weighted by molar-refractivity contribution is -0.141. The van der Waals surface area contributed by atoms with E-state index in [0.717, 1.165) is 26.5 Å². The molecule has 0 bridgehead atoms. The second-order valence-electron chi connectivity index (χ2n) is 7.25. The molecule has 2 heterocycles. The van der Waals surface area contributed by atoms with Gasteiger partial charge in [0.1, 0.15) is 12.1 Å². The van der Waals surface area contributed by atoms with Crippen LogP contribution in [0.2, 0.25) is 0 Å². The number of fused-ring (bicyclic) bond motifs is 2. The Balaban J connectivity index is 1.44. The van der Waals surface area contributed by atoms with E-state index in [-0.39, 0.29) is 28.5 Å². The van der Waals surface area contributed by atoms with Crippen LogP contribution in [0.25, 0.3) is 10.8 Å². The number of aromatic nitrogens is 1. The average molecular weight is 487 g/mol. The van der Waals surface area contributed by atoms with E-state index >= 15 is 0 Å². The fraction of sp³-hybridized carbons (Fsp3) is 0.182. The van der Waals surface area contributed by atoms with Crippen LogP contribution in [0.5, 0.6) is 5.88 Å². The number of amides is 2. The van der Waals surface area contributed by atoms with Crippen molar-refractivity contribution >= 4 is 56.1 Å². The minimum Gasteiger partial charge on any atom is -0.494 e. The number of carbonyl (C=O) groups excluding carboxylic acids is 2. The number of nitrogens with zero attached hydrogens (tertiary/aromatic N) is 2. The fourth-order valence-electron chi connectivity index (χ4n) is 3.64. The van der Waals surface area contributed by atoms with E-state index in [2.05, 4.69) is 0 Å². The minimum absolute atomic E-state index is 0.0169. The Hall–Kier alpha value is -3.44. The van der Waals surface area contributed by atoms with Gasteiger partial charge in [-0.25, -0.2) is 9.59 Å². The molecule has 1 aliphatic heterocycles. The van der Waals surface area contributed by atoms with Gasteiger partial charge in [0.2, 0.25) is 0 Å². The van der Waals surface area contributed by atoms with E-state index in [1.165, 1.54) is 16.7 Å². The number of carboxylic acid groups (broad SMARTS) is 2. The van der Waals surface area contributed by atoms with Crippen LogP contribution in [0, 0.1) is 0 Å². The van der Waals surface area contributed by atoms with E-state index in [9.17, 15) is 34.5 Å². The van der Waals surface area contributed by atoms with Crippen LogP contribution in [0.3, 0.4) is 0 Å². The summed E-state index contributed by atoms with van der Waals surface area (Å²) < 4.78 is 1.26. The van der Waals surface area contributed by atoms with Gasteiger partial charge in [0, 0.05) is 28.5 Å². The zero-order chi connectivity index (χ0) is 23.7. The summed E-state index contributed by atoms with van der Waals surface area (Å²) in [5.74, 6) is -4.10. The van der Waals surface area contributed by atoms with Crippen molar-refractivity contribution in [2.45, 2.75) is 12.1 Å². The molecule has 0 radical (unpaired) electrons. The highest BCUT2D eigenvalue weighted by molar-refractivity contribution is 8.76. The molecule has 170 valence electrons. The smallest absolute Gasteiger partial charge is 0.327 e. The predicted octanol–water partition coefficient (Wildman–Crippen LogP) is 3.10. The van der Waals surface area contributed by atoms with Gasteiger partial charge in [-0.1, -0.05) is 51.9 Å². The topological polar surface area (TPSA) is 137 Å². The first-order chi connectivity index (χ1) is 15.8. The molecule has 2 amide bonds. The summed E-state index contributed by atoms with van der Waals surface area (Å²) in [6, 6.07) is 10.6. The van der Waals surface area contributed by atoms with Crippen molar-refractivity contribution in [3.05, 3.63) is 65.9 Å². The van der Waals surface area contributed by atoms with Crippen molar-refractivity contribution in [2.75, 3.05) is 11.5 Å². The van der Waals surface area contributed by atoms with Gasteiger partial charge in [-0.05, 0) is 18.2 Å². The third-order valence-electron chi connectivity index (χ3n) is 5.30. The summed E-state index contributed by atoms with van der Waals surface area (Å²) >= 11 is 0. The molecule has 0 fully saturated rings. The Morgan fingerprint density at radius 3 is 1.88 bits per heavy atom. The van der Waals surface area contributed by atoms with Crippen molar-refractivity contribution in [1.82, 2.24) is 9.47 Å². The van der Waals surface area contributed by atoms with Gasteiger partial charge in [-0.15, -0.1) is 0 Å². The summed E-state index contributed by atoms with van der Waals surface area (Å²) in [6.45, 7) is 0. The van der Waals surface area contributed by atoms with Gasteiger partial charge in [0.15, 0.2) is 5.88 Å². The van der Waals surface area contributed by atoms with Crippen molar-refractivity contribution < 1.29 is 34.5 Å². The maximum atomic E-state index is 12.6. The van der Waals surface area contributed by atoms with Crippen LogP contribution in [0.4, 0.5) is 0 Å². The normalized spacial score (nSPS) is 15.0. The lowest BCUT2D eigenvalue weighted by atomic mass is 10.1. The van der Waals surface area contributed by atoms with Gasteiger partial charge in [-0.2, -0.15) is 0 Å². The molecule has 3 N–H and O–H groups in total. The number of carbonyl (C=O) groups is 4. The summed E-state index contributed by atoms with van der Waals surface area (Å²) in [4.78, 5) is 49.6. The number of imide groups is 1. The molecule has 0 saturated heterocycles. The molecule has 0 saturated carbocycles. The summed E-state index contributed by atoms with van der Waals surface area (Å²) in [5.41, 5.74) is 0.319. The van der Waals surface area contributed by atoms with Crippen LogP contribution in [-0.4, -0.2) is 66.1 Å². The molecule has 2 aromatic carbocycles. The van der Waals surface area contributed by atoms with Gasteiger partial charge in [0.25, 0.3) is 11.8 Å². The Labute approximate surface area is 195 Å². The molecule has 9 nitrogen and oxygen atoms in total. The van der Waals surface area contributed by atoms with E-state index in [0.29, 0.717) is 10.8 Å². The Bertz CT molecular complexity index is 1240. The first-order valence-corrected chi connectivity index (χ1v) is 12.3. The third kappa shape index (κ3) is 4.16. The minimum atomic E-state index is -1.40. The molecule has 2 unspecified atom stereocenters. The number of hydrogen-bond acceptors (Lipinski definition) is 7. The predicted molar refractivity (Wildman–Crippen MR) is 124 cm³/mol. The zero-order valence-corrected chi connectivity index (χ0v) is 18.6. The van der Waals surface area contributed by atoms with Crippen molar-refractivity contribution in [2.24, 2.45) is 0 Å². The molecule has 2 atom stereocenters. The first-order valence-electron chi connectivity index (χ1n) is 9.76. The lowest BCUT2D eigenvalue weighted by Gasteiger charge is -2.22. The second-order valence-corrected chi connectivity index (χ2v) is 9.80. The largest absolute Gasteiger partial charge is 0.494 e. The second kappa shape index (κ2) is 9.20. The van der Waals surface area contributed by atoms with Crippen LogP contribution in [0.1, 0.15) is 26.8 Å². The monoisotopic (exact) mass is 486 g/mol. The van der Waals surface area contributed by atoms with Crippen molar-refractivity contribution in [3.63, 3.8) is 0 Å². The van der Waals surface area contributed by atoms with Crippen molar-refractivity contribution in [3.8, 4) is 5.88 Å². The molecule has 4 rings (SSSR count). The van der Waals surface area contributed by atoms with Crippen molar-refractivity contribution in [1.29, 1.82) is 0 Å². The number of carboxylic acids is 2. The Kier molecular flexibility index (Phi) is 6.34. The highest BCUT2D eigenvalue weighted by Gasteiger charge is 2.42. The van der Waals surface area contributed by atoms with Gasteiger partial charge in [-0.3, -0.25) is 14.5 Å². The Morgan fingerprint density at radius 2 is 1.33 bits per heavy atom. The number of aromatic hydroxyl groups is 1. The average Bonchev–Trinajstić information content (AvgIpc) is 3.25. The first kappa shape index (κ1) is 22.7. The SMILES string of the molecule is O=C(O)C(CSSCC(C(=O)O)n1cc2ccccc2c1O)N1C(=O)c2ccccc2C1=O. The van der Waals surface area contributed by atoms with Gasteiger partial charge >= 0.3 is 11.9 Å². The molecule has 33 heavy (non-hydrogen) atoms. The van der Waals surface area contributed by atoms with Crippen LogP contribution in [0.15, 0.2) is 54.7 Å². The third-order valence-corrected chi connectivity index (χ3v) is 7.69. The number of hydrogen-bond donors (Lipinski definition) is 3. The molecule has 0 spiro atoms. The van der Waals surface area contributed by atoms with Crippen LogP contribution in [-0.2, 0) is 9.59 Å². The van der Waals surface area contributed by atoms with E-state index in [1.807, 2.05) is 0 Å². The van der Waals surface area contributed by atoms with Gasteiger partial charge < -0.3 is 19.9 Å². The van der Waals surface area contributed by atoms with E-state index < -0.39 is 35.8 Å². The molecular weight excluding hydrogens is 468 g/mol. The highest BCUT2D eigenvalue weighted by Crippen LogP contribution is 2.35. The summed E-state index contributed by atoms with van der Waals surface area (Å²) in [7, 11) is 2.13. The van der Waals surface area contributed by atoms with Crippen LogP contribution < -0.4 is 0 Å². The summed E-state index contributed by atoms with van der Waals surface area (Å²) in [6.07, 6.45) is 1.55. The zero-order valence-electron chi connectivity index (χ0n) is 17.0. The van der Waals surface area contributed by atoms with E-state index in [1.54, 1.807) is 42.6 Å². The molecule has 1 aliphatic rings. The fourth-order valence-corrected chi connectivity index (χ4v) is 6.04. The quantitative estimate of drug-likeness (QED) is 0.237. The molecular formula is C22H18N2O7S2. The maximum absolute atomic E-state index is 12.6.